The number of halogens is 5. The Balaban J connectivity index is 0.000000167. The van der Waals surface area contributed by atoms with E-state index in [0.29, 0.717) is 56.8 Å². The van der Waals surface area contributed by atoms with Crippen LogP contribution in [0.5, 0.6) is 0 Å². The fourth-order valence-corrected chi connectivity index (χ4v) is 17.1. The largest absolute Gasteiger partial charge is 1.00 e. The fourth-order valence-electron chi connectivity index (χ4n) is 16.2. The van der Waals surface area contributed by atoms with Gasteiger partial charge >= 0.3 is 29.6 Å². The zero-order valence-corrected chi connectivity index (χ0v) is 68.9. The monoisotopic (exact) mass is 1690 g/mol. The standard InChI is InChI=1S/C21H23ClN6O2.2C17H19ClN6O.C13H15ClN2O.C8H9ClN4O.3CH4.Na.H2O/c1-11-9-13(25-16-14(11)20(30)28-21(16)7-3-2-4-8-21)26-17-15(22)18(24-10-23-17)27-19(29)12-5-6-12;2*1-9-7-10(23-15-12(18)14(19)20-8-21-15)22-13-11(9)16(25)24-17(13)5-3-2-4-6-17;1-8-7-9(14)15-11-10(8)12(17)16-13(11)5-3-2-4-6-13;9-5-6(10)11-3-12-7(5)13-8(14)4-1-2-4;;;;;/h9-10,12H,2-8H2,1H3,(H,28,30)(H2,23,24,25,26,27,29);2*7-8H,2-6H2,1H3,(H,24,25)(H3,19,20,21,22,23);7H,2-6H2,1H3,(H,16,17);3-4H,1-2H2,(H3,10,11,12,13,14);3*1H4;;1H2/q;;;;;;;;+1;/p-1. The van der Waals surface area contributed by atoms with Gasteiger partial charge in [0.25, 0.3) is 23.6 Å². The number of amides is 6. The van der Waals surface area contributed by atoms with E-state index in [4.69, 9.17) is 90.2 Å². The Hall–Kier alpha value is -9.05. The van der Waals surface area contributed by atoms with Gasteiger partial charge in [0.15, 0.2) is 29.1 Å². The minimum absolute atomic E-state index is 0. The molecule has 0 saturated heterocycles. The number of nitrogens with two attached hydrogens (primary N) is 3. The Labute approximate surface area is 720 Å². The zero-order valence-electron chi connectivity index (χ0n) is 63.1. The maximum Gasteiger partial charge on any atom is 1.00 e. The molecule has 6 fully saturated rings. The second-order valence-corrected chi connectivity index (χ2v) is 32.0. The molecular formula is C79H98Cl5N24NaO7. The summed E-state index contributed by atoms with van der Waals surface area (Å²) in [6, 6.07) is 7.24. The van der Waals surface area contributed by atoms with Gasteiger partial charge in [0.1, 0.15) is 85.5 Å². The van der Waals surface area contributed by atoms with Gasteiger partial charge in [-0.2, -0.15) is 0 Å². The van der Waals surface area contributed by atoms with Crippen LogP contribution in [0.2, 0.25) is 25.2 Å². The number of nitrogen functional groups attached to an aromatic ring is 3. The van der Waals surface area contributed by atoms with Crippen LogP contribution in [0.1, 0.15) is 263 Å². The molecule has 612 valence electrons. The molecule has 8 aromatic rings. The van der Waals surface area contributed by atoms with Crippen LogP contribution >= 0.6 is 58.0 Å². The summed E-state index contributed by atoms with van der Waals surface area (Å²) in [6.45, 7) is 7.68. The number of nitrogens with one attached hydrogen (secondary N) is 9. The maximum absolute atomic E-state index is 12.6. The van der Waals surface area contributed by atoms with Crippen LogP contribution in [0.15, 0.2) is 49.6 Å². The van der Waals surface area contributed by atoms with Gasteiger partial charge in [0.2, 0.25) is 11.8 Å². The van der Waals surface area contributed by atoms with E-state index >= 15 is 0 Å². The first-order valence-corrected chi connectivity index (χ1v) is 39.4. The van der Waals surface area contributed by atoms with E-state index in [0.717, 1.165) is 179 Å². The first kappa shape index (κ1) is 90.9. The van der Waals surface area contributed by atoms with Crippen molar-refractivity contribution in [1.82, 2.24) is 81.1 Å². The molecule has 10 aliphatic rings. The van der Waals surface area contributed by atoms with Gasteiger partial charge in [-0.3, -0.25) is 28.8 Å². The number of hydrogen-bond donors (Lipinski definition) is 12. The molecule has 6 saturated carbocycles. The molecule has 0 bridgehead atoms. The van der Waals surface area contributed by atoms with Crippen LogP contribution in [0.4, 0.5) is 64.0 Å². The van der Waals surface area contributed by atoms with Gasteiger partial charge in [-0.15, -0.1) is 0 Å². The fraction of sp³-hybridized carbons (Fsp3) is 0.468. The first-order valence-electron chi connectivity index (χ1n) is 37.5. The molecule has 37 heteroatoms. The van der Waals surface area contributed by atoms with E-state index in [1.54, 1.807) is 6.07 Å². The van der Waals surface area contributed by atoms with E-state index in [2.05, 4.69) is 92.7 Å². The third kappa shape index (κ3) is 18.9. The predicted octanol–water partition coefficient (Wildman–Crippen LogP) is 12.7. The summed E-state index contributed by atoms with van der Waals surface area (Å²) in [6.07, 6.45) is 30.0. The van der Waals surface area contributed by atoms with E-state index in [1.165, 1.54) is 51.0 Å². The third-order valence-electron chi connectivity index (χ3n) is 22.2. The summed E-state index contributed by atoms with van der Waals surface area (Å²) in [5.74, 6) is 4.01. The summed E-state index contributed by atoms with van der Waals surface area (Å²) >= 11 is 30.6. The van der Waals surface area contributed by atoms with Gasteiger partial charge in [0, 0.05) is 11.8 Å². The van der Waals surface area contributed by atoms with Crippen molar-refractivity contribution in [1.29, 1.82) is 0 Å². The number of rotatable bonds is 10. The summed E-state index contributed by atoms with van der Waals surface area (Å²) in [7, 11) is 0. The molecular weight excluding hydrogens is 1600 g/mol. The number of aryl methyl sites for hydroxylation is 4. The topological polar surface area (TPSA) is 473 Å². The Morgan fingerprint density at radius 1 is 0.371 bits per heavy atom. The quantitative estimate of drug-likeness (QED) is 0.0447. The smallest absolute Gasteiger partial charge is 0.870 e. The van der Waals surface area contributed by atoms with Gasteiger partial charge in [-0.1, -0.05) is 157 Å². The van der Waals surface area contributed by atoms with Crippen molar-refractivity contribution in [2.75, 3.05) is 43.8 Å². The van der Waals surface area contributed by atoms with Gasteiger partial charge < -0.3 is 70.5 Å². The summed E-state index contributed by atoms with van der Waals surface area (Å²) < 4.78 is 0. The number of carbonyl (C=O) groups is 6. The van der Waals surface area contributed by atoms with Crippen molar-refractivity contribution in [3.8, 4) is 0 Å². The van der Waals surface area contributed by atoms with Crippen LogP contribution in [0, 0.1) is 39.5 Å². The molecule has 8 aromatic heterocycles. The van der Waals surface area contributed by atoms with Crippen molar-refractivity contribution in [2.24, 2.45) is 11.8 Å². The van der Waals surface area contributed by atoms with Crippen molar-refractivity contribution < 1.29 is 63.8 Å². The second kappa shape index (κ2) is 37.7. The number of hydrogen-bond acceptors (Lipinski definition) is 25. The number of nitrogens with zero attached hydrogens (tertiary/aromatic N) is 12. The molecule has 0 atom stereocenters. The summed E-state index contributed by atoms with van der Waals surface area (Å²) in [4.78, 5) is 124. The molecule has 4 spiro atoms. The third-order valence-corrected chi connectivity index (χ3v) is 23.8. The number of pyridine rings is 4. The van der Waals surface area contributed by atoms with Crippen molar-refractivity contribution >= 4 is 157 Å². The molecule has 0 aromatic carbocycles. The Morgan fingerprint density at radius 2 is 0.612 bits per heavy atom. The molecule has 116 heavy (non-hydrogen) atoms. The molecule has 0 radical (unpaired) electrons. The van der Waals surface area contributed by atoms with Crippen LogP contribution in [-0.2, 0) is 31.7 Å². The van der Waals surface area contributed by atoms with E-state index in [9.17, 15) is 28.8 Å². The van der Waals surface area contributed by atoms with Gasteiger partial charge in [-0.05, 0) is 151 Å². The first-order chi connectivity index (χ1) is 53.3. The second-order valence-electron chi connectivity index (χ2n) is 30.1. The number of aromatic nitrogens is 12. The van der Waals surface area contributed by atoms with Crippen molar-refractivity contribution in [3.63, 3.8) is 0 Å². The molecule has 6 aliphatic carbocycles. The normalized spacial score (nSPS) is 17.8. The average molecular weight is 1700 g/mol. The SMILES string of the molecule is C.C.C.Cc1cc(Cl)nc2c1C(=O)NC21CCCCC1.Cc1cc(Nc2ncnc(N)c2Cl)nc2c1C(=O)NC21CCCCC1.Cc1cc(Nc2ncnc(N)c2Cl)nc2c1C(=O)NC21CCCCC1.Cc1cc(Nc2ncnc(NC(=O)C3CC3)c2Cl)nc2c1C(=O)NC21CCCCC1.Nc1ncnc(NC(=O)C2CC2)c1Cl.[Na+].[OH-]. The number of carbonyl (C=O) groups excluding carboxylic acids is 6. The van der Waals surface area contributed by atoms with Crippen LogP contribution in [0.25, 0.3) is 0 Å². The molecule has 16 N–H and O–H groups in total. The predicted molar refractivity (Wildman–Crippen MR) is 446 cm³/mol. The maximum atomic E-state index is 12.6. The zero-order chi connectivity index (χ0) is 78.3. The van der Waals surface area contributed by atoms with Crippen LogP contribution in [0.3, 0.4) is 0 Å². The van der Waals surface area contributed by atoms with E-state index in [-0.39, 0.29) is 176 Å². The van der Waals surface area contributed by atoms with Gasteiger partial charge in [-0.25, -0.2) is 59.8 Å². The van der Waals surface area contributed by atoms with Gasteiger partial charge in [0.05, 0.1) is 67.2 Å². The number of anilines is 11. The number of fused-ring (bicyclic) bond motifs is 8. The van der Waals surface area contributed by atoms with Crippen LogP contribution < -0.4 is 94.6 Å². The van der Waals surface area contributed by atoms with Crippen molar-refractivity contribution in [2.45, 2.75) is 226 Å². The minimum Gasteiger partial charge on any atom is -0.870 e. The molecule has 6 amide bonds. The van der Waals surface area contributed by atoms with Crippen LogP contribution in [-0.4, -0.2) is 101 Å². The van der Waals surface area contributed by atoms with E-state index in [1.807, 2.05) is 45.9 Å². The summed E-state index contributed by atoms with van der Waals surface area (Å²) in [5.41, 5.74) is 25.3. The van der Waals surface area contributed by atoms with E-state index < -0.39 is 0 Å². The molecule has 0 unspecified atom stereocenters. The molecule has 31 nitrogen and oxygen atoms in total. The minimum atomic E-state index is -0.383. The Bertz CT molecular complexity index is 4910. The summed E-state index contributed by atoms with van der Waals surface area (Å²) in [5, 5.41) is 28.9. The molecule has 18 rings (SSSR count). The Morgan fingerprint density at radius 3 is 0.905 bits per heavy atom. The molecule has 12 heterocycles. The molecule has 4 aliphatic heterocycles. The Kier molecular flexibility index (Phi) is 29.5. The van der Waals surface area contributed by atoms with Crippen molar-refractivity contribution in [3.05, 3.63) is 142 Å². The average Bonchev–Trinajstić information content (AvgIpc) is 1.60.